The van der Waals surface area contributed by atoms with Gasteiger partial charge in [0.15, 0.2) is 5.96 Å². The number of rotatable bonds is 4. The Bertz CT molecular complexity index is 403. The average Bonchev–Trinajstić information content (AvgIpc) is 2.27. The molecule has 0 saturated carbocycles. The third kappa shape index (κ3) is 4.22. The highest BCUT2D eigenvalue weighted by Gasteiger charge is 2.03. The first-order valence-corrected chi connectivity index (χ1v) is 5.45. The van der Waals surface area contributed by atoms with E-state index < -0.39 is 0 Å². The fraction of sp³-hybridized carbons (Fsp3) is 0.417. The quantitative estimate of drug-likeness (QED) is 0.543. The molecule has 0 aliphatic carbocycles. The van der Waals surface area contributed by atoms with Crippen LogP contribution in [0.4, 0.5) is 0 Å². The molecule has 0 aromatic heterocycles. The highest BCUT2D eigenvalue weighted by molar-refractivity contribution is 5.78. The Morgan fingerprint density at radius 2 is 2.24 bits per heavy atom. The van der Waals surface area contributed by atoms with Gasteiger partial charge < -0.3 is 20.9 Å². The maximum absolute atomic E-state index is 9.64. The van der Waals surface area contributed by atoms with E-state index in [0.717, 1.165) is 0 Å². The summed E-state index contributed by atoms with van der Waals surface area (Å²) in [6, 6.07) is 5.24. The second-order valence-corrected chi connectivity index (χ2v) is 4.00. The van der Waals surface area contributed by atoms with Crippen LogP contribution in [0.5, 0.6) is 11.5 Å². The molecule has 0 heterocycles. The first-order valence-electron chi connectivity index (χ1n) is 5.45. The molecule has 0 fully saturated rings. The van der Waals surface area contributed by atoms with E-state index in [1.807, 2.05) is 13.8 Å². The van der Waals surface area contributed by atoms with E-state index in [4.69, 9.17) is 10.5 Å². The lowest BCUT2D eigenvalue weighted by Crippen LogP contribution is -2.36. The molecular weight excluding hydrogens is 218 g/mol. The average molecular weight is 237 g/mol. The summed E-state index contributed by atoms with van der Waals surface area (Å²) in [5.41, 5.74) is 6.35. The normalized spacial score (nSPS) is 11.6. The molecule has 4 N–H and O–H groups in total. The Hall–Kier alpha value is -1.91. The predicted octanol–water partition coefficient (Wildman–Crippen LogP) is 1.21. The Labute approximate surface area is 101 Å². The maximum atomic E-state index is 9.64. The highest BCUT2D eigenvalue weighted by Crippen LogP contribution is 2.23. The van der Waals surface area contributed by atoms with Crippen LogP contribution in [0, 0.1) is 0 Å². The molecule has 0 saturated heterocycles. The van der Waals surface area contributed by atoms with Gasteiger partial charge >= 0.3 is 0 Å². The van der Waals surface area contributed by atoms with Gasteiger partial charge in [-0.05, 0) is 32.0 Å². The zero-order valence-corrected chi connectivity index (χ0v) is 10.4. The predicted molar refractivity (Wildman–Crippen MR) is 68.3 cm³/mol. The van der Waals surface area contributed by atoms with Crippen molar-refractivity contribution >= 4 is 5.96 Å². The minimum absolute atomic E-state index is 0.187. The van der Waals surface area contributed by atoms with Gasteiger partial charge in [-0.3, -0.25) is 0 Å². The van der Waals surface area contributed by atoms with Crippen molar-refractivity contribution in [2.75, 3.05) is 7.11 Å². The molecule has 1 rings (SSSR count). The molecule has 0 radical (unpaired) electrons. The Balaban J connectivity index is 2.74. The largest absolute Gasteiger partial charge is 0.508 e. The van der Waals surface area contributed by atoms with Crippen molar-refractivity contribution in [3.05, 3.63) is 23.8 Å². The summed E-state index contributed by atoms with van der Waals surface area (Å²) >= 11 is 0. The molecule has 0 aliphatic heterocycles. The first kappa shape index (κ1) is 13.2. The van der Waals surface area contributed by atoms with Crippen molar-refractivity contribution in [1.82, 2.24) is 5.32 Å². The van der Waals surface area contributed by atoms with Crippen LogP contribution in [0.15, 0.2) is 23.2 Å². The van der Waals surface area contributed by atoms with Gasteiger partial charge in [-0.1, -0.05) is 0 Å². The molecule has 1 aromatic rings. The number of aromatic hydroxyl groups is 1. The van der Waals surface area contributed by atoms with E-state index in [9.17, 15) is 5.11 Å². The van der Waals surface area contributed by atoms with Crippen molar-refractivity contribution < 1.29 is 9.84 Å². The lowest BCUT2D eigenvalue weighted by atomic mass is 10.2. The number of hydrogen-bond acceptors (Lipinski definition) is 3. The third-order valence-corrected chi connectivity index (χ3v) is 2.14. The van der Waals surface area contributed by atoms with Gasteiger partial charge in [-0.25, -0.2) is 4.99 Å². The second-order valence-electron chi connectivity index (χ2n) is 4.00. The van der Waals surface area contributed by atoms with Crippen molar-refractivity contribution in [2.45, 2.75) is 26.4 Å². The van der Waals surface area contributed by atoms with E-state index in [1.165, 1.54) is 0 Å². The minimum Gasteiger partial charge on any atom is -0.508 e. The van der Waals surface area contributed by atoms with Crippen LogP contribution in [0.3, 0.4) is 0 Å². The zero-order chi connectivity index (χ0) is 12.8. The van der Waals surface area contributed by atoms with E-state index in [1.54, 1.807) is 25.3 Å². The summed E-state index contributed by atoms with van der Waals surface area (Å²) < 4.78 is 5.07. The molecule has 0 atom stereocenters. The number of phenolic OH excluding ortho intramolecular Hbond substituents is 1. The molecular formula is C12H19N3O2. The van der Waals surface area contributed by atoms with Gasteiger partial charge in [0, 0.05) is 11.6 Å². The lowest BCUT2D eigenvalue weighted by molar-refractivity contribution is 0.411. The van der Waals surface area contributed by atoms with Crippen LogP contribution in [0.1, 0.15) is 19.4 Å². The van der Waals surface area contributed by atoms with Crippen LogP contribution in [-0.2, 0) is 6.54 Å². The first-order chi connectivity index (χ1) is 8.02. The smallest absolute Gasteiger partial charge is 0.189 e. The van der Waals surface area contributed by atoms with Crippen molar-refractivity contribution in [3.8, 4) is 11.5 Å². The summed E-state index contributed by atoms with van der Waals surface area (Å²) in [4.78, 5) is 4.14. The molecule has 5 nitrogen and oxygen atoms in total. The van der Waals surface area contributed by atoms with Crippen molar-refractivity contribution in [1.29, 1.82) is 0 Å². The second kappa shape index (κ2) is 5.98. The van der Waals surface area contributed by atoms with Crippen molar-refractivity contribution in [2.24, 2.45) is 10.7 Å². The summed E-state index contributed by atoms with van der Waals surface area (Å²) in [6.45, 7) is 4.27. The van der Waals surface area contributed by atoms with Crippen LogP contribution in [0.2, 0.25) is 0 Å². The summed E-state index contributed by atoms with van der Waals surface area (Å²) in [6.07, 6.45) is 0. The Kier molecular flexibility index (Phi) is 4.63. The Morgan fingerprint density at radius 3 is 2.82 bits per heavy atom. The van der Waals surface area contributed by atoms with Crippen molar-refractivity contribution in [3.63, 3.8) is 0 Å². The number of aliphatic imine (C=N–C) groups is 1. The Morgan fingerprint density at radius 1 is 1.53 bits per heavy atom. The summed E-state index contributed by atoms with van der Waals surface area (Å²) in [5.74, 6) is 1.23. The fourth-order valence-corrected chi connectivity index (χ4v) is 1.33. The maximum Gasteiger partial charge on any atom is 0.189 e. The number of methoxy groups -OCH3 is 1. The van der Waals surface area contributed by atoms with Gasteiger partial charge in [0.2, 0.25) is 0 Å². The number of nitrogens with zero attached hydrogens (tertiary/aromatic N) is 1. The third-order valence-electron chi connectivity index (χ3n) is 2.14. The molecule has 17 heavy (non-hydrogen) atoms. The molecule has 0 spiro atoms. The highest BCUT2D eigenvalue weighted by atomic mass is 16.5. The SMILES string of the molecule is COc1ccc(O)c(CN=C(N)NC(C)C)c1. The summed E-state index contributed by atoms with van der Waals surface area (Å²) in [7, 11) is 1.58. The minimum atomic E-state index is 0.187. The van der Waals surface area contributed by atoms with Gasteiger partial charge in [0.05, 0.1) is 13.7 Å². The molecule has 5 heteroatoms. The van der Waals surface area contributed by atoms with E-state index >= 15 is 0 Å². The van der Waals surface area contributed by atoms with Crippen LogP contribution < -0.4 is 15.8 Å². The van der Waals surface area contributed by atoms with Gasteiger partial charge in [0.25, 0.3) is 0 Å². The summed E-state index contributed by atoms with van der Waals surface area (Å²) in [5, 5.41) is 12.6. The molecule has 0 amide bonds. The molecule has 0 bridgehead atoms. The van der Waals surface area contributed by atoms with E-state index in [-0.39, 0.29) is 11.8 Å². The standard InChI is InChI=1S/C12H19N3O2/c1-8(2)15-12(13)14-7-9-6-10(17-3)4-5-11(9)16/h4-6,8,16H,7H2,1-3H3,(H3,13,14,15). The number of hydrogen-bond donors (Lipinski definition) is 3. The number of nitrogens with one attached hydrogen (secondary N) is 1. The fourth-order valence-electron chi connectivity index (χ4n) is 1.33. The van der Waals surface area contributed by atoms with E-state index in [2.05, 4.69) is 10.3 Å². The number of phenols is 1. The van der Waals surface area contributed by atoms with Gasteiger partial charge in [-0.15, -0.1) is 0 Å². The number of ether oxygens (including phenoxy) is 1. The number of guanidine groups is 1. The monoisotopic (exact) mass is 237 g/mol. The van der Waals surface area contributed by atoms with Gasteiger partial charge in [-0.2, -0.15) is 0 Å². The van der Waals surface area contributed by atoms with E-state index in [0.29, 0.717) is 23.8 Å². The number of nitrogens with two attached hydrogens (primary N) is 1. The van der Waals surface area contributed by atoms with Crippen LogP contribution in [0.25, 0.3) is 0 Å². The van der Waals surface area contributed by atoms with Gasteiger partial charge in [0.1, 0.15) is 11.5 Å². The zero-order valence-electron chi connectivity index (χ0n) is 10.4. The molecule has 94 valence electrons. The molecule has 1 aromatic carbocycles. The lowest BCUT2D eigenvalue weighted by Gasteiger charge is -2.09. The number of benzene rings is 1. The molecule has 0 unspecified atom stereocenters. The molecule has 0 aliphatic rings. The van der Waals surface area contributed by atoms with Crippen LogP contribution in [-0.4, -0.2) is 24.2 Å². The topological polar surface area (TPSA) is 79.9 Å². The van der Waals surface area contributed by atoms with Crippen LogP contribution >= 0.6 is 0 Å².